The standard InChI is InChI=1S/C18H14BrClN2O2S/c1-11-2-7-14(20)8-15(11)22-17(23)10-25-18-21-9-16(24-18)12-3-5-13(19)6-4-12/h2-9H,10H2,1H3,(H,22,23). The summed E-state index contributed by atoms with van der Waals surface area (Å²) in [5.41, 5.74) is 2.60. The topological polar surface area (TPSA) is 55.1 Å². The molecule has 25 heavy (non-hydrogen) atoms. The van der Waals surface area contributed by atoms with Gasteiger partial charge in [0.1, 0.15) is 0 Å². The summed E-state index contributed by atoms with van der Waals surface area (Å²) in [6.07, 6.45) is 1.66. The molecular formula is C18H14BrClN2O2S. The zero-order valence-electron chi connectivity index (χ0n) is 13.3. The molecule has 0 radical (unpaired) electrons. The van der Waals surface area contributed by atoms with E-state index in [2.05, 4.69) is 26.2 Å². The molecule has 1 amide bonds. The van der Waals surface area contributed by atoms with Gasteiger partial charge in [0, 0.05) is 20.7 Å². The van der Waals surface area contributed by atoms with Crippen molar-refractivity contribution in [2.45, 2.75) is 12.1 Å². The highest BCUT2D eigenvalue weighted by molar-refractivity contribution is 9.10. The normalized spacial score (nSPS) is 10.7. The lowest BCUT2D eigenvalue weighted by Crippen LogP contribution is -2.14. The lowest BCUT2D eigenvalue weighted by atomic mass is 10.2. The Morgan fingerprint density at radius 2 is 2.04 bits per heavy atom. The Morgan fingerprint density at radius 3 is 2.80 bits per heavy atom. The van der Waals surface area contributed by atoms with E-state index in [9.17, 15) is 4.79 Å². The van der Waals surface area contributed by atoms with Gasteiger partial charge in [-0.25, -0.2) is 4.98 Å². The van der Waals surface area contributed by atoms with Crippen molar-refractivity contribution in [3.05, 3.63) is 63.7 Å². The largest absolute Gasteiger partial charge is 0.431 e. The molecule has 0 atom stereocenters. The molecule has 1 heterocycles. The van der Waals surface area contributed by atoms with Gasteiger partial charge in [-0.15, -0.1) is 0 Å². The summed E-state index contributed by atoms with van der Waals surface area (Å²) in [6, 6.07) is 13.1. The number of carbonyl (C=O) groups excluding carboxylic acids is 1. The van der Waals surface area contributed by atoms with Gasteiger partial charge in [-0.05, 0) is 36.8 Å². The molecule has 3 rings (SSSR count). The molecule has 128 valence electrons. The number of benzene rings is 2. The summed E-state index contributed by atoms with van der Waals surface area (Å²) in [5, 5.41) is 3.89. The third-order valence-electron chi connectivity index (χ3n) is 3.41. The van der Waals surface area contributed by atoms with Crippen LogP contribution in [-0.4, -0.2) is 16.6 Å². The lowest BCUT2D eigenvalue weighted by molar-refractivity contribution is -0.113. The first-order valence-corrected chi connectivity index (χ1v) is 9.57. The molecule has 3 aromatic rings. The van der Waals surface area contributed by atoms with Crippen LogP contribution in [0.3, 0.4) is 0 Å². The second-order valence-corrected chi connectivity index (χ2v) is 7.57. The Hall–Kier alpha value is -1.76. The Labute approximate surface area is 163 Å². The van der Waals surface area contributed by atoms with Crippen LogP contribution in [0.2, 0.25) is 5.02 Å². The SMILES string of the molecule is Cc1ccc(Cl)cc1NC(=O)CSc1ncc(-c2ccc(Br)cc2)o1. The van der Waals surface area contributed by atoms with E-state index in [-0.39, 0.29) is 11.7 Å². The van der Waals surface area contributed by atoms with E-state index in [4.69, 9.17) is 16.0 Å². The van der Waals surface area contributed by atoms with Crippen LogP contribution in [0, 0.1) is 6.92 Å². The molecule has 0 saturated heterocycles. The van der Waals surface area contributed by atoms with Crippen molar-refractivity contribution < 1.29 is 9.21 Å². The fourth-order valence-corrected chi connectivity index (χ4v) is 3.15. The van der Waals surface area contributed by atoms with Crippen LogP contribution in [0.25, 0.3) is 11.3 Å². The first kappa shape index (κ1) is 18.0. The molecule has 0 saturated carbocycles. The van der Waals surface area contributed by atoms with E-state index in [1.165, 1.54) is 11.8 Å². The summed E-state index contributed by atoms with van der Waals surface area (Å²) in [5.74, 6) is 0.728. The fourth-order valence-electron chi connectivity index (χ4n) is 2.11. The van der Waals surface area contributed by atoms with Crippen molar-refractivity contribution >= 4 is 50.9 Å². The number of aryl methyl sites for hydroxylation is 1. The van der Waals surface area contributed by atoms with Crippen LogP contribution in [0.4, 0.5) is 5.69 Å². The Morgan fingerprint density at radius 1 is 1.28 bits per heavy atom. The smallest absolute Gasteiger partial charge is 0.256 e. The van der Waals surface area contributed by atoms with E-state index >= 15 is 0 Å². The molecule has 4 nitrogen and oxygen atoms in total. The summed E-state index contributed by atoms with van der Waals surface area (Å²) in [7, 11) is 0. The van der Waals surface area contributed by atoms with Crippen LogP contribution in [0.5, 0.6) is 0 Å². The summed E-state index contributed by atoms with van der Waals surface area (Å²) in [6.45, 7) is 1.91. The van der Waals surface area contributed by atoms with Crippen molar-refractivity contribution in [3.8, 4) is 11.3 Å². The second kappa shape index (κ2) is 8.08. The van der Waals surface area contributed by atoms with Crippen LogP contribution >= 0.6 is 39.3 Å². The first-order chi connectivity index (χ1) is 12.0. The minimum atomic E-state index is -0.140. The zero-order chi connectivity index (χ0) is 17.8. The number of carbonyl (C=O) groups is 1. The molecule has 0 aliphatic carbocycles. The number of amides is 1. The molecule has 0 unspecified atom stereocenters. The molecule has 2 aromatic carbocycles. The molecule has 0 aliphatic rings. The van der Waals surface area contributed by atoms with Gasteiger partial charge in [-0.1, -0.05) is 57.5 Å². The van der Waals surface area contributed by atoms with Gasteiger partial charge in [0.25, 0.3) is 5.22 Å². The van der Waals surface area contributed by atoms with Gasteiger partial charge < -0.3 is 9.73 Å². The third kappa shape index (κ3) is 4.87. The van der Waals surface area contributed by atoms with Gasteiger partial charge >= 0.3 is 0 Å². The number of nitrogens with one attached hydrogen (secondary N) is 1. The maximum Gasteiger partial charge on any atom is 0.256 e. The number of nitrogens with zero attached hydrogens (tertiary/aromatic N) is 1. The second-order valence-electron chi connectivity index (χ2n) is 5.29. The van der Waals surface area contributed by atoms with E-state index < -0.39 is 0 Å². The molecule has 7 heteroatoms. The minimum absolute atomic E-state index is 0.140. The Bertz CT molecular complexity index is 896. The average Bonchev–Trinajstić information content (AvgIpc) is 3.06. The fraction of sp³-hybridized carbons (Fsp3) is 0.111. The molecule has 0 bridgehead atoms. The van der Waals surface area contributed by atoms with Crippen LogP contribution in [-0.2, 0) is 4.79 Å². The van der Waals surface area contributed by atoms with Crippen molar-refractivity contribution in [3.63, 3.8) is 0 Å². The minimum Gasteiger partial charge on any atom is -0.431 e. The van der Waals surface area contributed by atoms with Gasteiger partial charge in [0.05, 0.1) is 11.9 Å². The molecule has 1 N–H and O–H groups in total. The molecular weight excluding hydrogens is 424 g/mol. The Kier molecular flexibility index (Phi) is 5.83. The highest BCUT2D eigenvalue weighted by Crippen LogP contribution is 2.27. The van der Waals surface area contributed by atoms with Crippen molar-refractivity contribution in [1.29, 1.82) is 0 Å². The summed E-state index contributed by atoms with van der Waals surface area (Å²) < 4.78 is 6.69. The number of anilines is 1. The highest BCUT2D eigenvalue weighted by atomic mass is 79.9. The highest BCUT2D eigenvalue weighted by Gasteiger charge is 2.11. The van der Waals surface area contributed by atoms with E-state index in [1.54, 1.807) is 18.3 Å². The first-order valence-electron chi connectivity index (χ1n) is 7.42. The third-order valence-corrected chi connectivity index (χ3v) is 5.02. The van der Waals surface area contributed by atoms with Gasteiger partial charge in [0.15, 0.2) is 5.76 Å². The van der Waals surface area contributed by atoms with E-state index in [1.807, 2.05) is 37.3 Å². The Balaban J connectivity index is 1.59. The van der Waals surface area contributed by atoms with Gasteiger partial charge in [-0.3, -0.25) is 4.79 Å². The van der Waals surface area contributed by atoms with Crippen molar-refractivity contribution in [2.24, 2.45) is 0 Å². The zero-order valence-corrected chi connectivity index (χ0v) is 16.4. The lowest BCUT2D eigenvalue weighted by Gasteiger charge is -2.07. The van der Waals surface area contributed by atoms with E-state index in [0.29, 0.717) is 21.7 Å². The summed E-state index contributed by atoms with van der Waals surface area (Å²) >= 11 is 10.6. The quantitative estimate of drug-likeness (QED) is 0.513. The predicted molar refractivity (Wildman–Crippen MR) is 105 cm³/mol. The number of aromatic nitrogens is 1. The monoisotopic (exact) mass is 436 g/mol. The average molecular weight is 438 g/mol. The number of hydrogen-bond donors (Lipinski definition) is 1. The van der Waals surface area contributed by atoms with Crippen molar-refractivity contribution in [1.82, 2.24) is 4.98 Å². The maximum atomic E-state index is 12.1. The van der Waals surface area contributed by atoms with Crippen LogP contribution in [0.15, 0.2) is 62.8 Å². The number of oxazole rings is 1. The van der Waals surface area contributed by atoms with Gasteiger partial charge in [-0.2, -0.15) is 0 Å². The van der Waals surface area contributed by atoms with Gasteiger partial charge in [0.2, 0.25) is 5.91 Å². The van der Waals surface area contributed by atoms with Crippen LogP contribution < -0.4 is 5.32 Å². The molecule has 1 aromatic heterocycles. The maximum absolute atomic E-state index is 12.1. The molecule has 0 fully saturated rings. The van der Waals surface area contributed by atoms with Crippen molar-refractivity contribution in [2.75, 3.05) is 11.1 Å². The number of thioether (sulfide) groups is 1. The molecule has 0 spiro atoms. The number of hydrogen-bond acceptors (Lipinski definition) is 4. The predicted octanol–water partition coefficient (Wildman–Crippen LogP) is 5.80. The van der Waals surface area contributed by atoms with E-state index in [0.717, 1.165) is 15.6 Å². The van der Waals surface area contributed by atoms with Crippen LogP contribution in [0.1, 0.15) is 5.56 Å². The number of rotatable bonds is 5. The molecule has 0 aliphatic heterocycles. The summed E-state index contributed by atoms with van der Waals surface area (Å²) in [4.78, 5) is 16.3. The number of halogens is 2.